The van der Waals surface area contributed by atoms with E-state index in [2.05, 4.69) is 24.1 Å². The van der Waals surface area contributed by atoms with Crippen molar-refractivity contribution in [2.75, 3.05) is 26.7 Å². The minimum atomic E-state index is -0.0845. The molecule has 1 fully saturated rings. The molecular formula is C18H30ClN3O2. The molecule has 1 aromatic rings. The Kier molecular flexibility index (Phi) is 7.52. The zero-order chi connectivity index (χ0) is 17.0. The van der Waals surface area contributed by atoms with E-state index >= 15 is 0 Å². The third kappa shape index (κ3) is 5.10. The molecule has 0 bridgehead atoms. The van der Waals surface area contributed by atoms with E-state index in [1.165, 1.54) is 0 Å². The van der Waals surface area contributed by atoms with E-state index < -0.39 is 0 Å². The molecule has 0 aromatic heterocycles. The highest BCUT2D eigenvalue weighted by atomic mass is 35.5. The minimum Gasteiger partial charge on any atom is -0.496 e. The fraction of sp³-hybridized carbons (Fsp3) is 0.611. The quantitative estimate of drug-likeness (QED) is 0.850. The van der Waals surface area contributed by atoms with Crippen LogP contribution in [0.4, 0.5) is 0 Å². The van der Waals surface area contributed by atoms with Gasteiger partial charge in [0.2, 0.25) is 5.91 Å². The molecule has 0 radical (unpaired) electrons. The number of carbonyl (C=O) groups is 1. The van der Waals surface area contributed by atoms with Gasteiger partial charge in [-0.3, -0.25) is 9.69 Å². The number of nitrogens with one attached hydrogen (secondary N) is 1. The van der Waals surface area contributed by atoms with Crippen LogP contribution in [0.1, 0.15) is 38.8 Å². The molecule has 3 N–H and O–H groups in total. The Morgan fingerprint density at radius 2 is 2.12 bits per heavy atom. The molecule has 2 unspecified atom stereocenters. The fourth-order valence-corrected chi connectivity index (χ4v) is 3.21. The van der Waals surface area contributed by atoms with Gasteiger partial charge in [-0.2, -0.15) is 0 Å². The first-order valence-corrected chi connectivity index (χ1v) is 8.23. The third-order valence-corrected chi connectivity index (χ3v) is 4.74. The summed E-state index contributed by atoms with van der Waals surface area (Å²) in [6, 6.07) is 7.89. The minimum absolute atomic E-state index is 0. The molecule has 1 heterocycles. The molecule has 1 aromatic carbocycles. The second kappa shape index (κ2) is 8.70. The molecule has 1 saturated heterocycles. The van der Waals surface area contributed by atoms with Crippen molar-refractivity contribution in [2.45, 2.75) is 39.3 Å². The van der Waals surface area contributed by atoms with E-state index in [4.69, 9.17) is 10.5 Å². The highest BCUT2D eigenvalue weighted by molar-refractivity contribution is 5.85. The Morgan fingerprint density at radius 1 is 1.46 bits per heavy atom. The number of methoxy groups -OCH3 is 1. The number of nitrogens with zero attached hydrogens (tertiary/aromatic N) is 1. The molecule has 1 amide bonds. The molecule has 2 atom stereocenters. The van der Waals surface area contributed by atoms with Crippen LogP contribution in [0.15, 0.2) is 24.3 Å². The predicted octanol–water partition coefficient (Wildman–Crippen LogP) is 2.35. The first-order valence-electron chi connectivity index (χ1n) is 8.23. The van der Waals surface area contributed by atoms with E-state index in [1.54, 1.807) is 7.11 Å². The smallest absolute Gasteiger partial charge is 0.234 e. The van der Waals surface area contributed by atoms with Gasteiger partial charge < -0.3 is 15.8 Å². The van der Waals surface area contributed by atoms with Crippen molar-refractivity contribution in [3.63, 3.8) is 0 Å². The number of halogens is 1. The fourth-order valence-electron chi connectivity index (χ4n) is 3.21. The molecular weight excluding hydrogens is 326 g/mol. The highest BCUT2D eigenvalue weighted by Crippen LogP contribution is 2.28. The van der Waals surface area contributed by atoms with Crippen LogP contribution in [0.5, 0.6) is 5.75 Å². The number of para-hydroxylation sites is 1. The van der Waals surface area contributed by atoms with Crippen LogP contribution in [0.2, 0.25) is 0 Å². The number of hydrogen-bond acceptors (Lipinski definition) is 4. The maximum atomic E-state index is 12.4. The summed E-state index contributed by atoms with van der Waals surface area (Å²) in [6.07, 6.45) is 0.933. The van der Waals surface area contributed by atoms with Gasteiger partial charge in [0.1, 0.15) is 5.75 Å². The van der Waals surface area contributed by atoms with Gasteiger partial charge in [-0.1, -0.05) is 32.0 Å². The number of benzene rings is 1. The zero-order valence-electron chi connectivity index (χ0n) is 15.0. The summed E-state index contributed by atoms with van der Waals surface area (Å²) in [6.45, 7) is 8.45. The normalized spacial score (nSPS) is 21.5. The van der Waals surface area contributed by atoms with Gasteiger partial charge in [0, 0.05) is 24.7 Å². The summed E-state index contributed by atoms with van der Waals surface area (Å²) in [5.74, 6) is 0.833. The van der Waals surface area contributed by atoms with E-state index in [-0.39, 0.29) is 35.8 Å². The van der Waals surface area contributed by atoms with Crippen LogP contribution in [-0.2, 0) is 4.79 Å². The maximum Gasteiger partial charge on any atom is 0.234 e. The average molecular weight is 356 g/mol. The Balaban J connectivity index is 0.00000288. The Hall–Kier alpha value is -1.30. The molecule has 0 spiro atoms. The molecule has 2 rings (SSSR count). The molecule has 1 aliphatic rings. The van der Waals surface area contributed by atoms with E-state index in [0.717, 1.165) is 30.8 Å². The van der Waals surface area contributed by atoms with Crippen molar-refractivity contribution in [2.24, 2.45) is 11.1 Å². The van der Waals surface area contributed by atoms with Crippen molar-refractivity contribution in [1.29, 1.82) is 0 Å². The number of rotatable bonds is 5. The van der Waals surface area contributed by atoms with E-state index in [1.807, 2.05) is 31.2 Å². The molecule has 0 saturated carbocycles. The summed E-state index contributed by atoms with van der Waals surface area (Å²) >= 11 is 0. The van der Waals surface area contributed by atoms with Crippen LogP contribution in [0.3, 0.4) is 0 Å². The number of ether oxygens (including phenoxy) is 1. The molecule has 6 heteroatoms. The number of carbonyl (C=O) groups excluding carboxylic acids is 1. The second-order valence-electron chi connectivity index (χ2n) is 7.13. The van der Waals surface area contributed by atoms with Crippen LogP contribution in [-0.4, -0.2) is 43.6 Å². The lowest BCUT2D eigenvalue weighted by Gasteiger charge is -2.42. The van der Waals surface area contributed by atoms with Gasteiger partial charge in [0.25, 0.3) is 0 Å². The largest absolute Gasteiger partial charge is 0.496 e. The standard InChI is InChI=1S/C18H29N3O2.ClH/c1-13(14-7-5-6-8-15(14)23-4)20-17(22)11-21-10-9-16(19)18(2,3)12-21;/h5-8,13,16H,9-12,19H2,1-4H3,(H,20,22);1H. The summed E-state index contributed by atoms with van der Waals surface area (Å²) in [7, 11) is 1.65. The number of nitrogens with two attached hydrogens (primary N) is 1. The van der Waals surface area contributed by atoms with E-state index in [9.17, 15) is 4.79 Å². The van der Waals surface area contributed by atoms with Crippen molar-refractivity contribution in [3.8, 4) is 5.75 Å². The second-order valence-corrected chi connectivity index (χ2v) is 7.13. The lowest BCUT2D eigenvalue weighted by Crippen LogP contribution is -2.54. The summed E-state index contributed by atoms with van der Waals surface area (Å²) < 4.78 is 5.36. The average Bonchev–Trinajstić information content (AvgIpc) is 2.50. The first kappa shape index (κ1) is 20.7. The Bertz CT molecular complexity index is 551. The molecule has 1 aliphatic heterocycles. The monoisotopic (exact) mass is 355 g/mol. The maximum absolute atomic E-state index is 12.4. The van der Waals surface area contributed by atoms with Crippen LogP contribution >= 0.6 is 12.4 Å². The van der Waals surface area contributed by atoms with Crippen LogP contribution in [0.25, 0.3) is 0 Å². The van der Waals surface area contributed by atoms with Gasteiger partial charge in [-0.05, 0) is 24.8 Å². The van der Waals surface area contributed by atoms with Gasteiger partial charge in [-0.15, -0.1) is 12.4 Å². The SMILES string of the molecule is COc1ccccc1C(C)NC(=O)CN1CCC(N)C(C)(C)C1.Cl. The van der Waals surface area contributed by atoms with E-state index in [0.29, 0.717) is 6.54 Å². The zero-order valence-corrected chi connectivity index (χ0v) is 15.9. The van der Waals surface area contributed by atoms with Crippen molar-refractivity contribution in [3.05, 3.63) is 29.8 Å². The van der Waals surface area contributed by atoms with Gasteiger partial charge >= 0.3 is 0 Å². The van der Waals surface area contributed by atoms with Gasteiger partial charge in [-0.25, -0.2) is 0 Å². The summed E-state index contributed by atoms with van der Waals surface area (Å²) in [4.78, 5) is 14.6. The van der Waals surface area contributed by atoms with Gasteiger partial charge in [0.15, 0.2) is 0 Å². The van der Waals surface area contributed by atoms with Crippen molar-refractivity contribution >= 4 is 18.3 Å². The van der Waals surface area contributed by atoms with Crippen molar-refractivity contribution in [1.82, 2.24) is 10.2 Å². The number of likely N-dealkylation sites (tertiary alicyclic amines) is 1. The molecule has 0 aliphatic carbocycles. The van der Waals surface area contributed by atoms with Crippen LogP contribution in [0, 0.1) is 5.41 Å². The number of piperidine rings is 1. The first-order chi connectivity index (χ1) is 10.8. The Morgan fingerprint density at radius 3 is 2.75 bits per heavy atom. The Labute approximate surface area is 151 Å². The molecule has 5 nitrogen and oxygen atoms in total. The third-order valence-electron chi connectivity index (χ3n) is 4.74. The molecule has 24 heavy (non-hydrogen) atoms. The predicted molar refractivity (Wildman–Crippen MR) is 99.6 cm³/mol. The number of amides is 1. The lowest BCUT2D eigenvalue weighted by molar-refractivity contribution is -0.123. The highest BCUT2D eigenvalue weighted by Gasteiger charge is 2.34. The number of hydrogen-bond donors (Lipinski definition) is 2. The lowest BCUT2D eigenvalue weighted by atomic mass is 9.80. The topological polar surface area (TPSA) is 67.6 Å². The summed E-state index contributed by atoms with van der Waals surface area (Å²) in [5, 5.41) is 3.06. The van der Waals surface area contributed by atoms with Crippen LogP contribution < -0.4 is 15.8 Å². The van der Waals surface area contributed by atoms with Crippen molar-refractivity contribution < 1.29 is 9.53 Å². The van der Waals surface area contributed by atoms with Gasteiger partial charge in [0.05, 0.1) is 19.7 Å². The summed E-state index contributed by atoms with van der Waals surface area (Å²) in [5.41, 5.74) is 7.19. The molecule has 136 valence electrons.